The Hall–Kier alpha value is 0.250. The Kier molecular flexibility index (Phi) is 41.9. The SMILES string of the molecule is CCCCCCCCCCCCCCCCCC[NH2+]CCCCCCCCCCCCCCCCCC.[Cl-]. The molecule has 0 aromatic carbocycles. The Balaban J connectivity index is 0. The molecule has 0 aromatic heterocycles. The van der Waals surface area contributed by atoms with Gasteiger partial charge >= 0.3 is 0 Å². The summed E-state index contributed by atoms with van der Waals surface area (Å²) in [6, 6.07) is 0. The highest BCUT2D eigenvalue weighted by atomic mass is 35.5. The summed E-state index contributed by atoms with van der Waals surface area (Å²) in [7, 11) is 0. The quantitative estimate of drug-likeness (QED) is 0.0759. The summed E-state index contributed by atoms with van der Waals surface area (Å²) in [5.74, 6) is 0. The van der Waals surface area contributed by atoms with Gasteiger partial charge in [-0.15, -0.1) is 0 Å². The minimum Gasteiger partial charge on any atom is -1.00 e. The molecule has 0 heterocycles. The van der Waals surface area contributed by atoms with Crippen LogP contribution in [-0.2, 0) is 0 Å². The van der Waals surface area contributed by atoms with Gasteiger partial charge in [0.1, 0.15) is 0 Å². The molecule has 0 rings (SSSR count). The van der Waals surface area contributed by atoms with E-state index in [2.05, 4.69) is 19.2 Å². The fraction of sp³-hybridized carbons (Fsp3) is 1.00. The summed E-state index contributed by atoms with van der Waals surface area (Å²) in [5, 5.41) is 2.59. The van der Waals surface area contributed by atoms with Gasteiger partial charge in [0.25, 0.3) is 0 Å². The van der Waals surface area contributed by atoms with Gasteiger partial charge in [-0.25, -0.2) is 0 Å². The van der Waals surface area contributed by atoms with E-state index in [0.29, 0.717) is 0 Å². The standard InChI is InChI=1S/C36H75N.ClH/c1-3-5-7-9-11-13-15-17-19-21-23-25-27-29-31-33-35-37-36-34-32-30-28-26-24-22-20-18-16-14-12-10-8-6-4-2;/h37H,3-36H2,1-2H3;1H. The van der Waals surface area contributed by atoms with Gasteiger partial charge in [-0.05, 0) is 25.7 Å². The first kappa shape index (κ1) is 40.4. The first-order valence-corrected chi connectivity index (χ1v) is 18.2. The summed E-state index contributed by atoms with van der Waals surface area (Å²) >= 11 is 0. The van der Waals surface area contributed by atoms with E-state index in [9.17, 15) is 0 Å². The van der Waals surface area contributed by atoms with Crippen LogP contribution >= 0.6 is 0 Å². The van der Waals surface area contributed by atoms with Crippen LogP contribution in [0.1, 0.15) is 219 Å². The number of rotatable bonds is 34. The molecule has 2 heteroatoms. The van der Waals surface area contributed by atoms with Crippen LogP contribution in [0.5, 0.6) is 0 Å². The smallest absolute Gasteiger partial charge is 0.0755 e. The Morgan fingerprint density at radius 1 is 0.237 bits per heavy atom. The molecule has 0 spiro atoms. The van der Waals surface area contributed by atoms with Gasteiger partial charge in [-0.2, -0.15) is 0 Å². The molecule has 0 fully saturated rings. The lowest BCUT2D eigenvalue weighted by molar-refractivity contribution is -0.655. The molecule has 0 aromatic rings. The minimum atomic E-state index is 0. The average molecular weight is 558 g/mol. The zero-order valence-electron chi connectivity index (χ0n) is 27.0. The first-order chi connectivity index (χ1) is 18.4. The van der Waals surface area contributed by atoms with Crippen LogP contribution in [-0.4, -0.2) is 13.1 Å². The highest BCUT2D eigenvalue weighted by Crippen LogP contribution is 2.15. The Labute approximate surface area is 249 Å². The van der Waals surface area contributed by atoms with Crippen molar-refractivity contribution in [3.63, 3.8) is 0 Å². The molecule has 0 unspecified atom stereocenters. The number of quaternary nitrogens is 1. The van der Waals surface area contributed by atoms with Crippen molar-refractivity contribution >= 4 is 0 Å². The van der Waals surface area contributed by atoms with Crippen molar-refractivity contribution in [2.24, 2.45) is 0 Å². The Bertz CT molecular complexity index is 338. The van der Waals surface area contributed by atoms with Gasteiger partial charge in [-0.3, -0.25) is 0 Å². The third-order valence-electron chi connectivity index (χ3n) is 8.52. The molecule has 0 aliphatic rings. The van der Waals surface area contributed by atoms with Crippen LogP contribution in [0.3, 0.4) is 0 Å². The average Bonchev–Trinajstić information content (AvgIpc) is 2.91. The molecule has 0 bridgehead atoms. The largest absolute Gasteiger partial charge is 1.00 e. The van der Waals surface area contributed by atoms with Crippen LogP contribution in [0.25, 0.3) is 0 Å². The summed E-state index contributed by atoms with van der Waals surface area (Å²) in [6.07, 6.45) is 47.0. The fourth-order valence-electron chi connectivity index (χ4n) is 5.82. The van der Waals surface area contributed by atoms with Crippen molar-refractivity contribution in [3.8, 4) is 0 Å². The van der Waals surface area contributed by atoms with Gasteiger partial charge < -0.3 is 17.7 Å². The molecule has 0 saturated carbocycles. The molecule has 232 valence electrons. The van der Waals surface area contributed by atoms with E-state index in [0.717, 1.165) is 0 Å². The number of unbranched alkanes of at least 4 members (excludes halogenated alkanes) is 30. The summed E-state index contributed by atoms with van der Waals surface area (Å²) in [6.45, 7) is 7.36. The van der Waals surface area contributed by atoms with Gasteiger partial charge in [0.15, 0.2) is 0 Å². The molecule has 38 heavy (non-hydrogen) atoms. The summed E-state index contributed by atoms with van der Waals surface area (Å²) in [5.41, 5.74) is 0. The second kappa shape index (κ2) is 39.4. The van der Waals surface area contributed by atoms with Crippen molar-refractivity contribution in [3.05, 3.63) is 0 Å². The monoisotopic (exact) mass is 558 g/mol. The number of nitrogens with two attached hydrogens (primary N) is 1. The predicted molar refractivity (Wildman–Crippen MR) is 171 cm³/mol. The van der Waals surface area contributed by atoms with Gasteiger partial charge in [0.2, 0.25) is 0 Å². The van der Waals surface area contributed by atoms with Gasteiger partial charge in [0.05, 0.1) is 13.1 Å². The van der Waals surface area contributed by atoms with Crippen molar-refractivity contribution in [2.45, 2.75) is 219 Å². The number of hydrogen-bond acceptors (Lipinski definition) is 0. The molecule has 0 amide bonds. The molecule has 2 N–H and O–H groups in total. The second-order valence-corrected chi connectivity index (χ2v) is 12.5. The maximum Gasteiger partial charge on any atom is 0.0755 e. The Morgan fingerprint density at radius 3 is 0.579 bits per heavy atom. The molecule has 0 saturated heterocycles. The molecule has 0 atom stereocenters. The first-order valence-electron chi connectivity index (χ1n) is 18.2. The molecular formula is C36H76ClN. The third-order valence-corrected chi connectivity index (χ3v) is 8.52. The lowest BCUT2D eigenvalue weighted by atomic mass is 10.0. The molecule has 1 nitrogen and oxygen atoms in total. The van der Waals surface area contributed by atoms with E-state index in [1.54, 1.807) is 0 Å². The van der Waals surface area contributed by atoms with E-state index in [4.69, 9.17) is 0 Å². The van der Waals surface area contributed by atoms with Crippen molar-refractivity contribution < 1.29 is 17.7 Å². The maximum absolute atomic E-state index is 2.59. The second-order valence-electron chi connectivity index (χ2n) is 12.5. The van der Waals surface area contributed by atoms with Crippen LogP contribution in [0.4, 0.5) is 0 Å². The molecule has 0 aliphatic heterocycles. The summed E-state index contributed by atoms with van der Waals surface area (Å²) in [4.78, 5) is 0. The van der Waals surface area contributed by atoms with Crippen LogP contribution in [0.15, 0.2) is 0 Å². The van der Waals surface area contributed by atoms with E-state index >= 15 is 0 Å². The fourth-order valence-corrected chi connectivity index (χ4v) is 5.82. The third kappa shape index (κ3) is 38.4. The van der Waals surface area contributed by atoms with E-state index in [-0.39, 0.29) is 12.4 Å². The molecular weight excluding hydrogens is 482 g/mol. The van der Waals surface area contributed by atoms with E-state index in [1.165, 1.54) is 219 Å². The van der Waals surface area contributed by atoms with Crippen LogP contribution in [0, 0.1) is 0 Å². The Morgan fingerprint density at radius 2 is 0.395 bits per heavy atom. The van der Waals surface area contributed by atoms with Gasteiger partial charge in [-0.1, -0.05) is 194 Å². The van der Waals surface area contributed by atoms with Crippen LogP contribution < -0.4 is 17.7 Å². The summed E-state index contributed by atoms with van der Waals surface area (Å²) < 4.78 is 0. The minimum absolute atomic E-state index is 0. The number of halogens is 1. The zero-order chi connectivity index (χ0) is 26.7. The molecule has 0 aliphatic carbocycles. The van der Waals surface area contributed by atoms with E-state index in [1.807, 2.05) is 0 Å². The lowest BCUT2D eigenvalue weighted by Crippen LogP contribution is -3.00. The van der Waals surface area contributed by atoms with Crippen LogP contribution in [0.2, 0.25) is 0 Å². The predicted octanol–water partition coefficient (Wildman–Crippen LogP) is 9.08. The lowest BCUT2D eigenvalue weighted by Gasteiger charge is -2.04. The van der Waals surface area contributed by atoms with Crippen molar-refractivity contribution in [1.29, 1.82) is 0 Å². The highest BCUT2D eigenvalue weighted by molar-refractivity contribution is 4.51. The maximum atomic E-state index is 2.59. The highest BCUT2D eigenvalue weighted by Gasteiger charge is 1.97. The zero-order valence-corrected chi connectivity index (χ0v) is 27.8. The van der Waals surface area contributed by atoms with Crippen molar-refractivity contribution in [1.82, 2.24) is 0 Å². The normalized spacial score (nSPS) is 11.2. The van der Waals surface area contributed by atoms with Crippen molar-refractivity contribution in [2.75, 3.05) is 13.1 Å². The molecule has 0 radical (unpaired) electrons. The number of hydrogen-bond donors (Lipinski definition) is 1. The topological polar surface area (TPSA) is 16.6 Å². The van der Waals surface area contributed by atoms with Gasteiger partial charge in [0, 0.05) is 0 Å². The van der Waals surface area contributed by atoms with E-state index < -0.39 is 0 Å².